The third-order valence-electron chi connectivity index (χ3n) is 7.39. The number of rotatable bonds is 4. The number of likely N-dealkylation sites (tertiary alicyclic amines) is 2. The molecule has 4 aliphatic heterocycles. The monoisotopic (exact) mass is 458 g/mol. The molecular formula is C26H38N2O5. The van der Waals surface area contributed by atoms with Crippen LogP contribution < -0.4 is 4.74 Å². The summed E-state index contributed by atoms with van der Waals surface area (Å²) in [5.41, 5.74) is 0.704. The van der Waals surface area contributed by atoms with E-state index in [4.69, 9.17) is 18.9 Å². The molecule has 0 N–H and O–H groups in total. The second-order valence-electron chi connectivity index (χ2n) is 11.1. The predicted molar refractivity (Wildman–Crippen MR) is 125 cm³/mol. The first-order valence-corrected chi connectivity index (χ1v) is 12.5. The van der Waals surface area contributed by atoms with Crippen LogP contribution in [0.2, 0.25) is 0 Å². The molecule has 0 saturated carbocycles. The number of carbonyl (C=O) groups excluding carboxylic acids is 1. The highest BCUT2D eigenvalue weighted by molar-refractivity contribution is 5.69. The maximum absolute atomic E-state index is 12.3. The molecule has 0 bridgehead atoms. The first kappa shape index (κ1) is 22.9. The second kappa shape index (κ2) is 9.08. The van der Waals surface area contributed by atoms with Crippen LogP contribution in [0.5, 0.6) is 5.75 Å². The van der Waals surface area contributed by atoms with Crippen molar-refractivity contribution in [2.45, 2.75) is 75.7 Å². The Morgan fingerprint density at radius 2 is 1.85 bits per heavy atom. The van der Waals surface area contributed by atoms with Crippen LogP contribution in [0.3, 0.4) is 0 Å². The van der Waals surface area contributed by atoms with Gasteiger partial charge in [-0.05, 0) is 70.7 Å². The summed E-state index contributed by atoms with van der Waals surface area (Å²) < 4.78 is 23.5. The normalized spacial score (nSPS) is 28.2. The maximum atomic E-state index is 12.3. The van der Waals surface area contributed by atoms with Gasteiger partial charge in [-0.3, -0.25) is 4.90 Å². The van der Waals surface area contributed by atoms with Crippen LogP contribution in [0.25, 0.3) is 0 Å². The maximum Gasteiger partial charge on any atom is 0.410 e. The molecule has 5 rings (SSSR count). The smallest absolute Gasteiger partial charge is 0.410 e. The summed E-state index contributed by atoms with van der Waals surface area (Å²) in [5.74, 6) is 1.56. The first-order valence-electron chi connectivity index (χ1n) is 12.5. The third kappa shape index (κ3) is 5.15. The van der Waals surface area contributed by atoms with Crippen LogP contribution >= 0.6 is 0 Å². The molecule has 4 saturated heterocycles. The molecule has 4 fully saturated rings. The number of piperidine rings is 1. The van der Waals surface area contributed by atoms with E-state index >= 15 is 0 Å². The predicted octanol–water partition coefficient (Wildman–Crippen LogP) is 3.81. The number of ether oxygens (including phenoxy) is 4. The Labute approximate surface area is 197 Å². The molecule has 1 spiro atoms. The highest BCUT2D eigenvalue weighted by atomic mass is 16.6. The molecule has 1 aromatic rings. The molecule has 7 nitrogen and oxygen atoms in total. The largest absolute Gasteiger partial charge is 0.488 e. The van der Waals surface area contributed by atoms with E-state index in [9.17, 15) is 4.79 Å². The van der Waals surface area contributed by atoms with Crippen molar-refractivity contribution < 1.29 is 23.7 Å². The number of hydrogen-bond acceptors (Lipinski definition) is 6. The summed E-state index contributed by atoms with van der Waals surface area (Å²) in [6.07, 6.45) is 4.19. The van der Waals surface area contributed by atoms with Crippen molar-refractivity contribution in [3.05, 3.63) is 29.8 Å². The summed E-state index contributed by atoms with van der Waals surface area (Å²) >= 11 is 0. The van der Waals surface area contributed by atoms with Crippen LogP contribution in [-0.4, -0.2) is 85.2 Å². The van der Waals surface area contributed by atoms with Gasteiger partial charge in [-0.1, -0.05) is 18.2 Å². The number of para-hydroxylation sites is 1. The lowest BCUT2D eigenvalue weighted by molar-refractivity contribution is -0.109. The Kier molecular flexibility index (Phi) is 6.31. The lowest BCUT2D eigenvalue weighted by atomic mass is 9.86. The summed E-state index contributed by atoms with van der Waals surface area (Å²) in [5, 5.41) is 0. The van der Waals surface area contributed by atoms with Crippen molar-refractivity contribution in [1.82, 2.24) is 9.80 Å². The van der Waals surface area contributed by atoms with Crippen LogP contribution in [0.4, 0.5) is 4.79 Å². The number of carbonyl (C=O) groups is 1. The van der Waals surface area contributed by atoms with Crippen LogP contribution in [-0.2, 0) is 14.2 Å². The van der Waals surface area contributed by atoms with Gasteiger partial charge in [0.2, 0.25) is 0 Å². The Bertz CT molecular complexity index is 833. The lowest BCUT2D eigenvalue weighted by Crippen LogP contribution is -2.64. The summed E-state index contributed by atoms with van der Waals surface area (Å²) in [6.45, 7) is 11.4. The van der Waals surface area contributed by atoms with Gasteiger partial charge < -0.3 is 23.8 Å². The van der Waals surface area contributed by atoms with E-state index in [0.717, 1.165) is 57.7 Å². The summed E-state index contributed by atoms with van der Waals surface area (Å²) in [6, 6.07) is 8.98. The zero-order valence-corrected chi connectivity index (χ0v) is 20.3. The highest BCUT2D eigenvalue weighted by Crippen LogP contribution is 2.40. The van der Waals surface area contributed by atoms with E-state index in [1.165, 1.54) is 5.56 Å². The van der Waals surface area contributed by atoms with Crippen molar-refractivity contribution >= 4 is 6.09 Å². The quantitative estimate of drug-likeness (QED) is 0.684. The Balaban J connectivity index is 1.11. The number of benzene rings is 1. The fourth-order valence-electron chi connectivity index (χ4n) is 5.67. The van der Waals surface area contributed by atoms with E-state index in [1.807, 2.05) is 20.8 Å². The zero-order chi connectivity index (χ0) is 23.1. The van der Waals surface area contributed by atoms with E-state index in [-0.39, 0.29) is 17.8 Å². The van der Waals surface area contributed by atoms with Gasteiger partial charge in [0.1, 0.15) is 23.1 Å². The van der Waals surface area contributed by atoms with Crippen LogP contribution in [0.1, 0.15) is 57.9 Å². The summed E-state index contributed by atoms with van der Waals surface area (Å²) in [7, 11) is 0. The molecule has 1 amide bonds. The fourth-order valence-corrected chi connectivity index (χ4v) is 5.67. The molecular weight excluding hydrogens is 420 g/mol. The van der Waals surface area contributed by atoms with E-state index in [2.05, 4.69) is 29.2 Å². The standard InChI is InChI=1S/C26H38N2O5/c1-25(2,3)33-24(29)28-17-26(18-28)14-20(15-31-26)27-11-8-19(9-12-27)22-6-4-5-7-23(22)32-21-10-13-30-16-21/h4-7,19-21H,8-18H2,1-3H3/t20-,21+/m0/s1. The zero-order valence-electron chi connectivity index (χ0n) is 20.3. The van der Waals surface area contributed by atoms with Gasteiger partial charge in [0.25, 0.3) is 0 Å². The number of hydrogen-bond donors (Lipinski definition) is 0. The highest BCUT2D eigenvalue weighted by Gasteiger charge is 2.53. The molecule has 0 radical (unpaired) electrons. The van der Waals surface area contributed by atoms with Crippen LogP contribution in [0.15, 0.2) is 24.3 Å². The minimum atomic E-state index is -0.461. The van der Waals surface area contributed by atoms with Gasteiger partial charge in [-0.25, -0.2) is 4.79 Å². The third-order valence-corrected chi connectivity index (χ3v) is 7.39. The topological polar surface area (TPSA) is 60.5 Å². The van der Waals surface area contributed by atoms with Crippen molar-refractivity contribution in [3.63, 3.8) is 0 Å². The van der Waals surface area contributed by atoms with Crippen molar-refractivity contribution in [3.8, 4) is 5.75 Å². The van der Waals surface area contributed by atoms with Gasteiger partial charge in [0, 0.05) is 12.5 Å². The van der Waals surface area contributed by atoms with E-state index in [1.54, 1.807) is 4.90 Å². The Hall–Kier alpha value is -1.83. The number of nitrogens with zero attached hydrogens (tertiary/aromatic N) is 2. The van der Waals surface area contributed by atoms with Crippen molar-refractivity contribution in [2.75, 3.05) is 46.0 Å². The average Bonchev–Trinajstić information content (AvgIpc) is 3.42. The van der Waals surface area contributed by atoms with Gasteiger partial charge in [-0.2, -0.15) is 0 Å². The number of amides is 1. The molecule has 2 atom stereocenters. The van der Waals surface area contributed by atoms with Gasteiger partial charge in [0.15, 0.2) is 0 Å². The van der Waals surface area contributed by atoms with E-state index < -0.39 is 5.60 Å². The van der Waals surface area contributed by atoms with Gasteiger partial charge in [0.05, 0.1) is 32.9 Å². The molecule has 33 heavy (non-hydrogen) atoms. The Morgan fingerprint density at radius 3 is 2.55 bits per heavy atom. The van der Waals surface area contributed by atoms with Crippen molar-refractivity contribution in [2.24, 2.45) is 0 Å². The molecule has 4 heterocycles. The average molecular weight is 459 g/mol. The SMILES string of the molecule is CC(C)(C)OC(=O)N1CC2(C[C@H](N3CCC(c4ccccc4O[C@@H]4CCOC4)CC3)CO2)C1. The Morgan fingerprint density at radius 1 is 1.09 bits per heavy atom. The summed E-state index contributed by atoms with van der Waals surface area (Å²) in [4.78, 5) is 16.7. The molecule has 4 aliphatic rings. The van der Waals surface area contributed by atoms with Crippen molar-refractivity contribution in [1.29, 1.82) is 0 Å². The van der Waals surface area contributed by atoms with Gasteiger partial charge in [-0.15, -0.1) is 0 Å². The fraction of sp³-hybridized carbons (Fsp3) is 0.731. The molecule has 1 aromatic carbocycles. The molecule has 182 valence electrons. The lowest BCUT2D eigenvalue weighted by Gasteiger charge is -2.47. The minimum absolute atomic E-state index is 0.178. The molecule has 0 unspecified atom stereocenters. The van der Waals surface area contributed by atoms with Gasteiger partial charge >= 0.3 is 6.09 Å². The van der Waals surface area contributed by atoms with E-state index in [0.29, 0.717) is 31.7 Å². The molecule has 0 aliphatic carbocycles. The molecule has 0 aromatic heterocycles. The molecule has 7 heteroatoms. The minimum Gasteiger partial charge on any atom is -0.488 e. The van der Waals surface area contributed by atoms with Crippen LogP contribution in [0, 0.1) is 0 Å². The second-order valence-corrected chi connectivity index (χ2v) is 11.1. The first-order chi connectivity index (χ1) is 15.8.